The molecule has 0 aliphatic heterocycles. The molecule has 1 rings (SSSR count). The smallest absolute Gasteiger partial charge is 0.125 e. The van der Waals surface area contributed by atoms with E-state index in [0.717, 1.165) is 5.56 Å². The Labute approximate surface area is 88.0 Å². The van der Waals surface area contributed by atoms with E-state index in [2.05, 4.69) is 11.8 Å². The molecule has 0 heterocycles. The normalized spacial score (nSPS) is 12.9. The van der Waals surface area contributed by atoms with Gasteiger partial charge in [0.15, 0.2) is 0 Å². The number of nitroso groups, excluding NO2 is 1. The molecule has 1 N–H and O–H groups in total. The van der Waals surface area contributed by atoms with Crippen molar-refractivity contribution in [2.24, 2.45) is 5.18 Å². The van der Waals surface area contributed by atoms with Gasteiger partial charge in [-0.15, -0.1) is 4.91 Å². The van der Waals surface area contributed by atoms with Crippen LogP contribution >= 0.6 is 0 Å². The van der Waals surface area contributed by atoms with Gasteiger partial charge in [-0.05, 0) is 41.9 Å². The zero-order chi connectivity index (χ0) is 11.4. The van der Waals surface area contributed by atoms with Gasteiger partial charge in [-0.2, -0.15) is 0 Å². The molecule has 0 unspecified atom stereocenters. The molecule has 15 heavy (non-hydrogen) atoms. The number of benzene rings is 1. The molecule has 1 aromatic rings. The van der Waals surface area contributed by atoms with E-state index in [1.54, 1.807) is 25.1 Å². The maximum atomic E-state index is 10.6. The number of phenolic OH excluding ortho intramolecular Hbond substituents is 1. The fourth-order valence-corrected chi connectivity index (χ4v) is 1.34. The lowest BCUT2D eigenvalue weighted by atomic mass is 10.1. The van der Waals surface area contributed by atoms with Gasteiger partial charge in [0.05, 0.1) is 5.22 Å². The average molecular weight is 203 g/mol. The van der Waals surface area contributed by atoms with Crippen LogP contribution in [0.4, 0.5) is 0 Å². The lowest BCUT2D eigenvalue weighted by Crippen LogP contribution is -2.27. The molecule has 0 aliphatic rings. The second kappa shape index (κ2) is 4.55. The van der Waals surface area contributed by atoms with Crippen molar-refractivity contribution in [1.82, 2.24) is 0 Å². The maximum absolute atomic E-state index is 10.6. The number of hydrogen-bond donors (Lipinski definition) is 1. The molecule has 0 saturated heterocycles. The molecule has 0 saturated carbocycles. The third-order valence-corrected chi connectivity index (χ3v) is 2.20. The highest BCUT2D eigenvalue weighted by atomic mass is 16.3. The Kier molecular flexibility index (Phi) is 3.39. The van der Waals surface area contributed by atoms with E-state index in [4.69, 9.17) is 0 Å². The van der Waals surface area contributed by atoms with Gasteiger partial charge in [0, 0.05) is 0 Å². The molecule has 0 bridgehead atoms. The summed E-state index contributed by atoms with van der Waals surface area (Å²) in [6.45, 7) is 7.46. The van der Waals surface area contributed by atoms with Crippen molar-refractivity contribution in [3.05, 3.63) is 45.2 Å². The molecule has 78 valence electrons. The second-order valence-electron chi connectivity index (χ2n) is 3.23. The van der Waals surface area contributed by atoms with Crippen LogP contribution in [0, 0.1) is 11.8 Å². The Morgan fingerprint density at radius 3 is 2.73 bits per heavy atom. The molecule has 1 aromatic carbocycles. The van der Waals surface area contributed by atoms with Crippen LogP contribution < -0.4 is 10.4 Å². The van der Waals surface area contributed by atoms with Crippen molar-refractivity contribution in [3.63, 3.8) is 0 Å². The predicted molar refractivity (Wildman–Crippen MR) is 61.6 cm³/mol. The standard InChI is InChI=1S/C12H13NO2/c1-4-5-10(13-15)12-9(3)8(2)6-7-11(12)14/h4-7,14H,3H2,1-2H3/b5-4-,12-10-. The number of aromatic hydroxyl groups is 1. The summed E-state index contributed by atoms with van der Waals surface area (Å²) >= 11 is 0. The molecule has 3 heteroatoms. The zero-order valence-electron chi connectivity index (χ0n) is 8.82. The SMILES string of the molecule is C=c1c(C)ccc(O)/c1=C(/C=C\C)N=O. The fraction of sp³-hybridized carbons (Fsp3) is 0.167. The average Bonchev–Trinajstić information content (AvgIpc) is 2.22. The van der Waals surface area contributed by atoms with Crippen molar-refractivity contribution in [1.29, 1.82) is 0 Å². The summed E-state index contributed by atoms with van der Waals surface area (Å²) in [4.78, 5) is 10.6. The van der Waals surface area contributed by atoms with Crippen LogP contribution in [-0.2, 0) is 0 Å². The van der Waals surface area contributed by atoms with Crippen molar-refractivity contribution < 1.29 is 5.11 Å². The van der Waals surface area contributed by atoms with E-state index in [1.807, 2.05) is 6.92 Å². The Balaban J connectivity index is 3.81. The van der Waals surface area contributed by atoms with Crippen LogP contribution in [0.1, 0.15) is 12.5 Å². The van der Waals surface area contributed by atoms with E-state index in [9.17, 15) is 10.0 Å². The monoisotopic (exact) mass is 203 g/mol. The number of aryl methyl sites for hydroxylation is 1. The van der Waals surface area contributed by atoms with Gasteiger partial charge in [-0.1, -0.05) is 18.7 Å². The van der Waals surface area contributed by atoms with Gasteiger partial charge in [-0.25, -0.2) is 0 Å². The lowest BCUT2D eigenvalue weighted by Gasteiger charge is -1.99. The van der Waals surface area contributed by atoms with Crippen LogP contribution in [0.15, 0.2) is 29.5 Å². The molecule has 0 fully saturated rings. The van der Waals surface area contributed by atoms with Gasteiger partial charge in [0.2, 0.25) is 0 Å². The summed E-state index contributed by atoms with van der Waals surface area (Å²) in [5.41, 5.74) is 1.11. The highest BCUT2D eigenvalue weighted by molar-refractivity contribution is 5.58. The fourth-order valence-electron chi connectivity index (χ4n) is 1.34. The van der Waals surface area contributed by atoms with Crippen LogP contribution in [0.3, 0.4) is 0 Å². The van der Waals surface area contributed by atoms with Crippen LogP contribution in [-0.4, -0.2) is 5.11 Å². The first kappa shape index (κ1) is 11.2. The number of phenols is 1. The Morgan fingerprint density at radius 2 is 2.20 bits per heavy atom. The van der Waals surface area contributed by atoms with Crippen LogP contribution in [0.2, 0.25) is 0 Å². The molecular formula is C12H13NO2. The van der Waals surface area contributed by atoms with E-state index in [-0.39, 0.29) is 11.4 Å². The largest absolute Gasteiger partial charge is 0.507 e. The molecule has 0 radical (unpaired) electrons. The van der Waals surface area contributed by atoms with Crippen molar-refractivity contribution in [2.45, 2.75) is 13.8 Å². The third-order valence-electron chi connectivity index (χ3n) is 2.20. The number of rotatable bonds is 2. The first-order valence-corrected chi connectivity index (χ1v) is 4.59. The van der Waals surface area contributed by atoms with Crippen molar-refractivity contribution in [3.8, 4) is 5.75 Å². The first-order valence-electron chi connectivity index (χ1n) is 4.59. The molecule has 0 atom stereocenters. The molecular weight excluding hydrogens is 190 g/mol. The molecule has 0 spiro atoms. The first-order chi connectivity index (χ1) is 7.11. The number of allylic oxidation sites excluding steroid dienone is 1. The molecule has 0 aliphatic carbocycles. The minimum atomic E-state index is 0.0262. The van der Waals surface area contributed by atoms with Gasteiger partial charge < -0.3 is 5.11 Å². The summed E-state index contributed by atoms with van der Waals surface area (Å²) in [7, 11) is 0. The quantitative estimate of drug-likeness (QED) is 0.741. The lowest BCUT2D eigenvalue weighted by molar-refractivity contribution is 0.469. The predicted octanol–water partition coefficient (Wildman–Crippen LogP) is 1.56. The maximum Gasteiger partial charge on any atom is 0.125 e. The minimum Gasteiger partial charge on any atom is -0.507 e. The topological polar surface area (TPSA) is 49.7 Å². The third kappa shape index (κ3) is 2.13. The summed E-state index contributed by atoms with van der Waals surface area (Å²) in [5.74, 6) is 0.0262. The second-order valence-corrected chi connectivity index (χ2v) is 3.23. The molecule has 0 aromatic heterocycles. The van der Waals surface area contributed by atoms with Gasteiger partial charge in [-0.3, -0.25) is 0 Å². The highest BCUT2D eigenvalue weighted by Gasteiger charge is 2.01. The summed E-state index contributed by atoms with van der Waals surface area (Å²) in [6, 6.07) is 3.28. The van der Waals surface area contributed by atoms with Crippen LogP contribution in [0.5, 0.6) is 5.75 Å². The Bertz CT molecular complexity index is 515. The Morgan fingerprint density at radius 1 is 1.53 bits per heavy atom. The number of nitrogens with zero attached hydrogens (tertiary/aromatic N) is 1. The van der Waals surface area contributed by atoms with E-state index < -0.39 is 0 Å². The summed E-state index contributed by atoms with van der Waals surface area (Å²) in [5, 5.41) is 13.6. The van der Waals surface area contributed by atoms with Gasteiger partial charge in [0.1, 0.15) is 11.4 Å². The molecule has 3 nitrogen and oxygen atoms in total. The summed E-state index contributed by atoms with van der Waals surface area (Å²) < 4.78 is 0. The zero-order valence-corrected chi connectivity index (χ0v) is 8.82. The van der Waals surface area contributed by atoms with Gasteiger partial charge >= 0.3 is 0 Å². The van der Waals surface area contributed by atoms with E-state index in [0.29, 0.717) is 10.4 Å². The van der Waals surface area contributed by atoms with Gasteiger partial charge in [0.25, 0.3) is 0 Å². The Hall–Kier alpha value is -1.90. The number of hydrogen-bond acceptors (Lipinski definition) is 3. The van der Waals surface area contributed by atoms with Crippen LogP contribution in [0.25, 0.3) is 12.3 Å². The minimum absolute atomic E-state index is 0.0262. The molecule has 0 amide bonds. The van der Waals surface area contributed by atoms with Crippen molar-refractivity contribution in [2.75, 3.05) is 0 Å². The highest BCUT2D eigenvalue weighted by Crippen LogP contribution is 2.04. The van der Waals surface area contributed by atoms with E-state index in [1.165, 1.54) is 6.07 Å². The van der Waals surface area contributed by atoms with E-state index >= 15 is 0 Å². The van der Waals surface area contributed by atoms with Crippen molar-refractivity contribution >= 4 is 12.3 Å². The summed E-state index contributed by atoms with van der Waals surface area (Å²) in [6.07, 6.45) is 3.24.